The first kappa shape index (κ1) is 26.9. The van der Waals surface area contributed by atoms with E-state index in [9.17, 15) is 24.0 Å². The van der Waals surface area contributed by atoms with Gasteiger partial charge in [0.2, 0.25) is 11.8 Å². The second kappa shape index (κ2) is 14.1. The third-order valence-electron chi connectivity index (χ3n) is 5.51. The van der Waals surface area contributed by atoms with Gasteiger partial charge in [-0.05, 0) is 44.6 Å². The zero-order valence-electron chi connectivity index (χ0n) is 19.3. The van der Waals surface area contributed by atoms with Crippen LogP contribution in [0, 0.1) is 5.41 Å². The van der Waals surface area contributed by atoms with Crippen LogP contribution >= 0.6 is 0 Å². The minimum Gasteiger partial charge on any atom is -0.303 e. The number of rotatable bonds is 6. The zero-order valence-corrected chi connectivity index (χ0v) is 19.3. The molecule has 0 aromatic heterocycles. The summed E-state index contributed by atoms with van der Waals surface area (Å²) in [5.41, 5.74) is 0.362. The molecule has 174 valence electrons. The van der Waals surface area contributed by atoms with E-state index >= 15 is 0 Å². The number of unbranched alkanes of at least 4 members (excludes halogenated alkanes) is 3. The molecule has 1 aliphatic heterocycles. The molecule has 7 nitrogen and oxygen atoms in total. The fourth-order valence-electron chi connectivity index (χ4n) is 3.42. The number of imide groups is 2. The number of aldehydes is 2. The monoisotopic (exact) mass is 442 g/mol. The molecule has 0 bridgehead atoms. The molecule has 1 atom stereocenters. The van der Waals surface area contributed by atoms with E-state index in [0.29, 0.717) is 0 Å². The Labute approximate surface area is 190 Å². The van der Waals surface area contributed by atoms with Crippen molar-refractivity contribution in [2.45, 2.75) is 65.2 Å². The third-order valence-corrected chi connectivity index (χ3v) is 5.51. The second-order valence-electron chi connectivity index (χ2n) is 7.91. The molecule has 3 rings (SSSR count). The average molecular weight is 443 g/mol. The van der Waals surface area contributed by atoms with Crippen molar-refractivity contribution < 1.29 is 24.0 Å². The lowest BCUT2D eigenvalue weighted by atomic mass is 9.74. The van der Waals surface area contributed by atoms with Crippen molar-refractivity contribution in [2.24, 2.45) is 5.41 Å². The zero-order chi connectivity index (χ0) is 24.0. The maximum atomic E-state index is 12.2. The number of carbonyl (C=O) groups is 5. The predicted molar refractivity (Wildman–Crippen MR) is 123 cm³/mol. The summed E-state index contributed by atoms with van der Waals surface area (Å²) < 4.78 is 0. The van der Waals surface area contributed by atoms with Crippen molar-refractivity contribution in [1.82, 2.24) is 10.2 Å². The lowest BCUT2D eigenvalue weighted by Gasteiger charge is -2.37. The lowest BCUT2D eigenvalue weighted by molar-refractivity contribution is -0.146. The number of amides is 4. The summed E-state index contributed by atoms with van der Waals surface area (Å²) in [5.74, 6) is -0.932. The van der Waals surface area contributed by atoms with Crippen LogP contribution in [0.5, 0.6) is 0 Å². The molecule has 1 N–H and O–H groups in total. The summed E-state index contributed by atoms with van der Waals surface area (Å²) in [6, 6.07) is 8.45. The van der Waals surface area contributed by atoms with Crippen molar-refractivity contribution in [3.8, 4) is 0 Å². The first-order valence-corrected chi connectivity index (χ1v) is 11.1. The molecule has 0 spiro atoms. The van der Waals surface area contributed by atoms with E-state index in [1.807, 2.05) is 24.3 Å². The molecular weight excluding hydrogens is 408 g/mol. The maximum absolute atomic E-state index is 12.2. The molecule has 1 saturated heterocycles. The van der Waals surface area contributed by atoms with Crippen LogP contribution in [0.25, 0.3) is 0 Å². The van der Waals surface area contributed by atoms with Crippen LogP contribution in [0.2, 0.25) is 0 Å². The minimum atomic E-state index is -1.21. The van der Waals surface area contributed by atoms with Gasteiger partial charge in [0.25, 0.3) is 0 Å². The Morgan fingerprint density at radius 1 is 1.06 bits per heavy atom. The molecule has 7 heteroatoms. The number of hydrogen-bond donors (Lipinski definition) is 1. The van der Waals surface area contributed by atoms with Crippen molar-refractivity contribution in [3.05, 3.63) is 47.5 Å². The lowest BCUT2D eigenvalue weighted by Crippen LogP contribution is -2.62. The number of hydrogen-bond acceptors (Lipinski definition) is 5. The molecule has 1 aromatic carbocycles. The fraction of sp³-hybridized carbons (Fsp3) is 0.480. The summed E-state index contributed by atoms with van der Waals surface area (Å²) in [5, 5.41) is 2.23. The van der Waals surface area contributed by atoms with Crippen LogP contribution in [0.15, 0.2) is 42.0 Å². The van der Waals surface area contributed by atoms with Gasteiger partial charge in [-0.25, -0.2) is 4.79 Å². The van der Waals surface area contributed by atoms with E-state index < -0.39 is 23.3 Å². The maximum Gasteiger partial charge on any atom is 0.330 e. The smallest absolute Gasteiger partial charge is 0.303 e. The molecule has 1 fully saturated rings. The average Bonchev–Trinajstić information content (AvgIpc) is 2.84. The normalized spacial score (nSPS) is 20.0. The van der Waals surface area contributed by atoms with Gasteiger partial charge in [0, 0.05) is 19.0 Å². The van der Waals surface area contributed by atoms with Gasteiger partial charge in [0.15, 0.2) is 0 Å². The first-order valence-electron chi connectivity index (χ1n) is 11.1. The summed E-state index contributed by atoms with van der Waals surface area (Å²) in [6.07, 6.45) is 11.7. The second-order valence-corrected chi connectivity index (χ2v) is 7.91. The van der Waals surface area contributed by atoms with Gasteiger partial charge in [-0.3, -0.25) is 24.6 Å². The Morgan fingerprint density at radius 2 is 1.75 bits per heavy atom. The minimum absolute atomic E-state index is 0.431. The Bertz CT molecular complexity index is 819. The van der Waals surface area contributed by atoms with Crippen molar-refractivity contribution >= 4 is 30.4 Å². The number of urea groups is 1. The molecule has 2 aliphatic rings. The van der Waals surface area contributed by atoms with Gasteiger partial charge in [0.1, 0.15) is 18.0 Å². The highest BCUT2D eigenvalue weighted by Gasteiger charge is 2.51. The molecule has 1 heterocycles. The van der Waals surface area contributed by atoms with E-state index in [2.05, 4.69) is 12.2 Å². The Hall–Kier alpha value is -3.09. The van der Waals surface area contributed by atoms with Gasteiger partial charge in [0.05, 0.1) is 0 Å². The largest absolute Gasteiger partial charge is 0.330 e. The van der Waals surface area contributed by atoms with E-state index in [1.165, 1.54) is 19.9 Å². The molecule has 1 unspecified atom stereocenters. The van der Waals surface area contributed by atoms with E-state index in [-0.39, 0.29) is 0 Å². The van der Waals surface area contributed by atoms with Crippen molar-refractivity contribution in [3.63, 3.8) is 0 Å². The molecule has 32 heavy (non-hydrogen) atoms. The summed E-state index contributed by atoms with van der Waals surface area (Å²) >= 11 is 0. The summed E-state index contributed by atoms with van der Waals surface area (Å²) in [7, 11) is 1.39. The van der Waals surface area contributed by atoms with Crippen LogP contribution in [-0.4, -0.2) is 42.4 Å². The topological polar surface area (TPSA) is 101 Å². The Balaban J connectivity index is 0.000000284. The number of nitrogens with one attached hydrogen (secondary N) is 1. The number of carbonyl (C=O) groups excluding carboxylic acids is 5. The highest BCUT2D eigenvalue weighted by Crippen LogP contribution is 2.37. The SMILES string of the molecule is CCCCCC=O.CN1C(=O)NC(=O)C(C)(C2=CCCCC2)C1=O.O=Cc1ccccc1. The number of barbiturate groups is 1. The first-order chi connectivity index (χ1) is 15.3. The van der Waals surface area contributed by atoms with E-state index in [0.717, 1.165) is 67.1 Å². The number of benzene rings is 1. The summed E-state index contributed by atoms with van der Waals surface area (Å²) in [6.45, 7) is 3.73. The van der Waals surface area contributed by atoms with Gasteiger partial charge in [-0.2, -0.15) is 0 Å². The standard InChI is InChI=1S/C12H16N2O3.C7H6O.C6H12O/c1-12(8-6-4-3-5-7-8)9(15)13-11(17)14(2)10(12)16;8-6-7-4-2-1-3-5-7;1-2-3-4-5-6-7/h6H,3-5,7H2,1-2H3,(H,13,15,17);1-6H;6H,2-5H2,1H3. The quantitative estimate of drug-likeness (QED) is 0.303. The third kappa shape index (κ3) is 7.55. The van der Waals surface area contributed by atoms with Crippen LogP contribution in [-0.2, 0) is 14.4 Å². The predicted octanol–water partition coefficient (Wildman–Crippen LogP) is 4.47. The molecule has 1 aliphatic carbocycles. The van der Waals surface area contributed by atoms with Crippen LogP contribution in [0.3, 0.4) is 0 Å². The van der Waals surface area contributed by atoms with Gasteiger partial charge in [-0.15, -0.1) is 0 Å². The summed E-state index contributed by atoms with van der Waals surface area (Å²) in [4.78, 5) is 56.1. The number of allylic oxidation sites excluding steroid dienone is 1. The molecular formula is C25H34N2O5. The van der Waals surface area contributed by atoms with E-state index in [1.54, 1.807) is 19.1 Å². The van der Waals surface area contributed by atoms with Crippen molar-refractivity contribution in [1.29, 1.82) is 0 Å². The highest BCUT2D eigenvalue weighted by molar-refractivity contribution is 6.20. The van der Waals surface area contributed by atoms with Crippen molar-refractivity contribution in [2.75, 3.05) is 7.05 Å². The molecule has 4 amide bonds. The van der Waals surface area contributed by atoms with E-state index in [4.69, 9.17) is 0 Å². The molecule has 0 saturated carbocycles. The molecule has 0 radical (unpaired) electrons. The van der Waals surface area contributed by atoms with Crippen LogP contribution in [0.4, 0.5) is 4.79 Å². The number of nitrogens with zero attached hydrogens (tertiary/aromatic N) is 1. The van der Waals surface area contributed by atoms with Gasteiger partial charge in [-0.1, -0.05) is 56.2 Å². The van der Waals surface area contributed by atoms with Crippen LogP contribution < -0.4 is 5.32 Å². The van der Waals surface area contributed by atoms with Gasteiger partial charge >= 0.3 is 6.03 Å². The Kier molecular flexibility index (Phi) is 11.8. The van der Waals surface area contributed by atoms with Crippen LogP contribution in [0.1, 0.15) is 75.6 Å². The highest BCUT2D eigenvalue weighted by atomic mass is 16.2. The molecule has 1 aromatic rings. The van der Waals surface area contributed by atoms with Gasteiger partial charge < -0.3 is 4.79 Å². The fourth-order valence-corrected chi connectivity index (χ4v) is 3.42. The Morgan fingerprint density at radius 3 is 2.25 bits per heavy atom.